The lowest BCUT2D eigenvalue weighted by atomic mass is 10.3. The fraction of sp³-hybridized carbons (Fsp3) is 0.800. The highest BCUT2D eigenvalue weighted by atomic mass is 15.2. The number of hydrogen-bond donors (Lipinski definition) is 1. The molecule has 1 N–H and O–H groups in total. The molecule has 0 saturated carbocycles. The number of nitrogens with one attached hydrogen (secondary N) is 1. The molecule has 0 rings (SSSR count). The molecule has 0 radical (unpaired) electrons. The van der Waals surface area contributed by atoms with Gasteiger partial charge < -0.3 is 10.2 Å². The van der Waals surface area contributed by atoms with E-state index in [1.54, 1.807) is 0 Å². The summed E-state index contributed by atoms with van der Waals surface area (Å²) in [6, 6.07) is 0. The molecule has 2 nitrogen and oxygen atoms in total. The van der Waals surface area contributed by atoms with Gasteiger partial charge >= 0.3 is 0 Å². The van der Waals surface area contributed by atoms with Crippen LogP contribution in [0.4, 0.5) is 0 Å². The molecule has 0 fully saturated rings. The summed E-state index contributed by atoms with van der Waals surface area (Å²) >= 11 is 0. The van der Waals surface area contributed by atoms with Crippen LogP contribution < -0.4 is 5.32 Å². The first-order chi connectivity index (χ1) is 5.65. The summed E-state index contributed by atoms with van der Waals surface area (Å²) in [5.74, 6) is 0. The van der Waals surface area contributed by atoms with E-state index in [0.717, 1.165) is 13.0 Å². The van der Waals surface area contributed by atoms with E-state index < -0.39 is 0 Å². The van der Waals surface area contributed by atoms with Crippen LogP contribution in [-0.4, -0.2) is 24.7 Å². The van der Waals surface area contributed by atoms with E-state index >= 15 is 0 Å². The standard InChI is InChI=1S/C10H22N2/c1-6-10(11-5)12(7-2)8-9(3)4/h8,10-11H,6-7H2,1-5H3. The molecule has 0 aliphatic carbocycles. The van der Waals surface area contributed by atoms with Gasteiger partial charge in [0, 0.05) is 6.54 Å². The van der Waals surface area contributed by atoms with Gasteiger partial charge in [-0.2, -0.15) is 0 Å². The topological polar surface area (TPSA) is 15.3 Å². The third-order valence-electron chi connectivity index (χ3n) is 1.91. The molecule has 1 atom stereocenters. The lowest BCUT2D eigenvalue weighted by molar-refractivity contribution is 0.247. The molecule has 0 spiro atoms. The third kappa shape index (κ3) is 3.77. The van der Waals surface area contributed by atoms with Crippen LogP contribution in [0.5, 0.6) is 0 Å². The molecule has 2 heteroatoms. The highest BCUT2D eigenvalue weighted by Gasteiger charge is 2.07. The molecular weight excluding hydrogens is 148 g/mol. The van der Waals surface area contributed by atoms with E-state index in [0.29, 0.717) is 6.17 Å². The van der Waals surface area contributed by atoms with E-state index in [4.69, 9.17) is 0 Å². The minimum Gasteiger partial charge on any atom is -0.362 e. The summed E-state index contributed by atoms with van der Waals surface area (Å²) in [4.78, 5) is 2.33. The molecule has 0 heterocycles. The smallest absolute Gasteiger partial charge is 0.0784 e. The highest BCUT2D eigenvalue weighted by molar-refractivity contribution is 4.94. The number of allylic oxidation sites excluding steroid dienone is 1. The van der Waals surface area contributed by atoms with Crippen LogP contribution in [0.3, 0.4) is 0 Å². The Balaban J connectivity index is 4.21. The second-order valence-electron chi connectivity index (χ2n) is 3.25. The van der Waals surface area contributed by atoms with Crippen LogP contribution in [0.15, 0.2) is 11.8 Å². The van der Waals surface area contributed by atoms with Crippen molar-refractivity contribution in [1.82, 2.24) is 10.2 Å². The van der Waals surface area contributed by atoms with Crippen molar-refractivity contribution in [2.24, 2.45) is 0 Å². The van der Waals surface area contributed by atoms with Crippen LogP contribution >= 0.6 is 0 Å². The Morgan fingerprint density at radius 1 is 1.42 bits per heavy atom. The lowest BCUT2D eigenvalue weighted by Gasteiger charge is -2.28. The third-order valence-corrected chi connectivity index (χ3v) is 1.91. The molecule has 72 valence electrons. The van der Waals surface area contributed by atoms with Crippen molar-refractivity contribution in [3.8, 4) is 0 Å². The molecule has 0 aromatic heterocycles. The fourth-order valence-electron chi connectivity index (χ4n) is 1.34. The molecule has 1 unspecified atom stereocenters. The average molecular weight is 170 g/mol. The Kier molecular flexibility index (Phi) is 5.81. The largest absolute Gasteiger partial charge is 0.362 e. The van der Waals surface area contributed by atoms with E-state index in [9.17, 15) is 0 Å². The molecule has 0 aromatic carbocycles. The zero-order chi connectivity index (χ0) is 9.56. The molecule has 0 amide bonds. The van der Waals surface area contributed by atoms with Crippen molar-refractivity contribution < 1.29 is 0 Å². The SMILES string of the molecule is CCC(NC)N(C=C(C)C)CC. The van der Waals surface area contributed by atoms with Gasteiger partial charge in [0.1, 0.15) is 0 Å². The molecular formula is C10H22N2. The van der Waals surface area contributed by atoms with Gasteiger partial charge in [-0.05, 0) is 40.4 Å². The molecule has 0 bridgehead atoms. The monoisotopic (exact) mass is 170 g/mol. The van der Waals surface area contributed by atoms with Crippen molar-refractivity contribution >= 4 is 0 Å². The summed E-state index contributed by atoms with van der Waals surface area (Å²) in [6.07, 6.45) is 3.82. The Labute approximate surface area is 76.6 Å². The van der Waals surface area contributed by atoms with E-state index in [2.05, 4.69) is 44.1 Å². The van der Waals surface area contributed by atoms with E-state index in [1.165, 1.54) is 5.57 Å². The van der Waals surface area contributed by atoms with E-state index in [-0.39, 0.29) is 0 Å². The van der Waals surface area contributed by atoms with Crippen LogP contribution in [-0.2, 0) is 0 Å². The lowest BCUT2D eigenvalue weighted by Crippen LogP contribution is -2.40. The number of rotatable bonds is 5. The molecule has 0 aliphatic heterocycles. The van der Waals surface area contributed by atoms with Crippen LogP contribution in [0.1, 0.15) is 34.1 Å². The summed E-state index contributed by atoms with van der Waals surface area (Å²) in [5.41, 5.74) is 1.35. The van der Waals surface area contributed by atoms with Crippen LogP contribution in [0, 0.1) is 0 Å². The zero-order valence-corrected chi connectivity index (χ0v) is 9.02. The molecule has 0 saturated heterocycles. The fourth-order valence-corrected chi connectivity index (χ4v) is 1.34. The van der Waals surface area contributed by atoms with Crippen molar-refractivity contribution in [2.75, 3.05) is 13.6 Å². The molecule has 12 heavy (non-hydrogen) atoms. The quantitative estimate of drug-likeness (QED) is 0.636. The predicted octanol–water partition coefficient (Wildman–Crippen LogP) is 2.19. The second-order valence-corrected chi connectivity index (χ2v) is 3.25. The highest BCUT2D eigenvalue weighted by Crippen LogP contribution is 2.03. The minimum absolute atomic E-state index is 0.477. The first kappa shape index (κ1) is 11.5. The maximum Gasteiger partial charge on any atom is 0.0784 e. The Hall–Kier alpha value is -0.500. The van der Waals surface area contributed by atoms with Crippen LogP contribution in [0.2, 0.25) is 0 Å². The summed E-state index contributed by atoms with van der Waals surface area (Å²) < 4.78 is 0. The van der Waals surface area contributed by atoms with Crippen molar-refractivity contribution in [3.63, 3.8) is 0 Å². The summed E-state index contributed by atoms with van der Waals surface area (Å²) in [6.45, 7) is 9.70. The van der Waals surface area contributed by atoms with Gasteiger partial charge in [0.05, 0.1) is 6.17 Å². The number of hydrogen-bond acceptors (Lipinski definition) is 2. The minimum atomic E-state index is 0.477. The first-order valence-corrected chi connectivity index (χ1v) is 4.73. The van der Waals surface area contributed by atoms with Gasteiger partial charge in [-0.25, -0.2) is 0 Å². The normalized spacial score (nSPS) is 12.4. The molecule has 0 aliphatic rings. The maximum atomic E-state index is 3.29. The summed E-state index contributed by atoms with van der Waals surface area (Å²) in [5, 5.41) is 3.29. The first-order valence-electron chi connectivity index (χ1n) is 4.73. The zero-order valence-electron chi connectivity index (χ0n) is 9.02. The van der Waals surface area contributed by atoms with Crippen molar-refractivity contribution in [2.45, 2.75) is 40.3 Å². The Morgan fingerprint density at radius 2 is 2.00 bits per heavy atom. The van der Waals surface area contributed by atoms with Gasteiger partial charge in [0.25, 0.3) is 0 Å². The maximum absolute atomic E-state index is 3.29. The van der Waals surface area contributed by atoms with Crippen molar-refractivity contribution in [1.29, 1.82) is 0 Å². The molecule has 0 aromatic rings. The van der Waals surface area contributed by atoms with Gasteiger partial charge in [0.15, 0.2) is 0 Å². The van der Waals surface area contributed by atoms with E-state index in [1.807, 2.05) is 7.05 Å². The van der Waals surface area contributed by atoms with Gasteiger partial charge in [0.2, 0.25) is 0 Å². The van der Waals surface area contributed by atoms with Crippen LogP contribution in [0.25, 0.3) is 0 Å². The summed E-state index contributed by atoms with van der Waals surface area (Å²) in [7, 11) is 2.01. The predicted molar refractivity (Wildman–Crippen MR) is 54.9 cm³/mol. The van der Waals surface area contributed by atoms with Gasteiger partial charge in [-0.15, -0.1) is 0 Å². The van der Waals surface area contributed by atoms with Gasteiger partial charge in [-0.1, -0.05) is 12.5 Å². The number of nitrogens with zero attached hydrogens (tertiary/aromatic N) is 1. The Morgan fingerprint density at radius 3 is 2.25 bits per heavy atom. The van der Waals surface area contributed by atoms with Gasteiger partial charge in [-0.3, -0.25) is 0 Å². The Bertz CT molecular complexity index is 133. The second kappa shape index (κ2) is 6.06. The van der Waals surface area contributed by atoms with Crippen molar-refractivity contribution in [3.05, 3.63) is 11.8 Å². The average Bonchev–Trinajstić information content (AvgIpc) is 2.04.